The summed E-state index contributed by atoms with van der Waals surface area (Å²) in [6.07, 6.45) is 0.711. The fraction of sp³-hybridized carbons (Fsp3) is 0.333. The van der Waals surface area contributed by atoms with E-state index in [1.54, 1.807) is 21.9 Å². The van der Waals surface area contributed by atoms with E-state index < -0.39 is 5.82 Å². The van der Waals surface area contributed by atoms with Gasteiger partial charge in [-0.1, -0.05) is 18.2 Å². The van der Waals surface area contributed by atoms with Gasteiger partial charge in [0, 0.05) is 26.2 Å². The zero-order valence-electron chi connectivity index (χ0n) is 13.7. The van der Waals surface area contributed by atoms with Crippen LogP contribution in [0.1, 0.15) is 16.1 Å². The molecule has 3 rings (SSSR count). The van der Waals surface area contributed by atoms with Gasteiger partial charge in [-0.25, -0.2) is 4.39 Å². The fourth-order valence-corrected chi connectivity index (χ4v) is 3.41. The molecule has 1 fully saturated rings. The number of amides is 2. The summed E-state index contributed by atoms with van der Waals surface area (Å²) in [5.41, 5.74) is 0. The standard InChI is InChI=1S/C18H19FN2O3S/c19-14-5-1-2-6-15(14)24-13-17(22)20-8-4-9-21(11-10-20)18(23)16-7-3-12-25-16/h1-3,5-7,12H,4,8-11,13H2. The van der Waals surface area contributed by atoms with Crippen molar-refractivity contribution in [1.82, 2.24) is 9.80 Å². The molecule has 0 N–H and O–H groups in total. The molecular weight excluding hydrogens is 343 g/mol. The minimum Gasteiger partial charge on any atom is -0.481 e. The second-order valence-electron chi connectivity index (χ2n) is 5.72. The first-order chi connectivity index (χ1) is 12.1. The molecule has 0 spiro atoms. The number of rotatable bonds is 4. The summed E-state index contributed by atoms with van der Waals surface area (Å²) in [5, 5.41) is 1.88. The lowest BCUT2D eigenvalue weighted by Gasteiger charge is -2.22. The topological polar surface area (TPSA) is 49.9 Å². The highest BCUT2D eigenvalue weighted by Crippen LogP contribution is 2.16. The number of carbonyl (C=O) groups excluding carboxylic acids is 2. The van der Waals surface area contributed by atoms with Gasteiger partial charge in [0.15, 0.2) is 18.2 Å². The Morgan fingerprint density at radius 1 is 1.04 bits per heavy atom. The molecule has 1 aliphatic heterocycles. The van der Waals surface area contributed by atoms with Gasteiger partial charge >= 0.3 is 0 Å². The molecule has 2 amide bonds. The van der Waals surface area contributed by atoms with Crippen molar-refractivity contribution in [3.8, 4) is 5.75 Å². The molecule has 7 heteroatoms. The van der Waals surface area contributed by atoms with Crippen LogP contribution in [0.5, 0.6) is 5.75 Å². The van der Waals surface area contributed by atoms with Crippen LogP contribution in [0.2, 0.25) is 0 Å². The molecule has 132 valence electrons. The van der Waals surface area contributed by atoms with Crippen molar-refractivity contribution in [3.63, 3.8) is 0 Å². The summed E-state index contributed by atoms with van der Waals surface area (Å²) in [4.78, 5) is 28.9. The van der Waals surface area contributed by atoms with Gasteiger partial charge in [-0.3, -0.25) is 9.59 Å². The van der Waals surface area contributed by atoms with Gasteiger partial charge in [-0.05, 0) is 30.0 Å². The second-order valence-corrected chi connectivity index (χ2v) is 6.67. The van der Waals surface area contributed by atoms with Gasteiger partial charge in [-0.2, -0.15) is 0 Å². The Morgan fingerprint density at radius 3 is 2.56 bits per heavy atom. The molecule has 5 nitrogen and oxygen atoms in total. The summed E-state index contributed by atoms with van der Waals surface area (Å²) in [5.74, 6) is -0.611. The molecule has 0 bridgehead atoms. The van der Waals surface area contributed by atoms with Gasteiger partial charge in [0.2, 0.25) is 0 Å². The first-order valence-corrected chi connectivity index (χ1v) is 9.01. The smallest absolute Gasteiger partial charge is 0.263 e. The molecule has 1 aromatic carbocycles. The molecule has 2 aromatic rings. The second kappa shape index (κ2) is 8.11. The summed E-state index contributed by atoms with van der Waals surface area (Å²) in [6.45, 7) is 1.92. The maximum atomic E-state index is 13.5. The Morgan fingerprint density at radius 2 is 1.80 bits per heavy atom. The van der Waals surface area contributed by atoms with E-state index in [9.17, 15) is 14.0 Å². The van der Waals surface area contributed by atoms with Crippen LogP contribution in [0.4, 0.5) is 4.39 Å². The average Bonchev–Trinajstić information content (AvgIpc) is 3.04. The Labute approximate surface area is 149 Å². The zero-order chi connectivity index (χ0) is 17.6. The number of hydrogen-bond donors (Lipinski definition) is 0. The maximum absolute atomic E-state index is 13.5. The summed E-state index contributed by atoms with van der Waals surface area (Å²) < 4.78 is 18.8. The molecule has 0 atom stereocenters. The molecule has 1 saturated heterocycles. The SMILES string of the molecule is O=C(COc1ccccc1F)N1CCCN(C(=O)c2cccs2)CC1. The number of hydrogen-bond acceptors (Lipinski definition) is 4. The number of ether oxygens (including phenoxy) is 1. The third kappa shape index (κ3) is 4.36. The van der Waals surface area contributed by atoms with E-state index in [-0.39, 0.29) is 24.2 Å². The van der Waals surface area contributed by atoms with Crippen molar-refractivity contribution >= 4 is 23.2 Å². The largest absolute Gasteiger partial charge is 0.481 e. The predicted molar refractivity (Wildman–Crippen MR) is 93.3 cm³/mol. The van der Waals surface area contributed by atoms with Crippen LogP contribution in [0.15, 0.2) is 41.8 Å². The number of halogens is 1. The average molecular weight is 362 g/mol. The van der Waals surface area contributed by atoms with Gasteiger partial charge in [0.05, 0.1) is 4.88 Å². The van der Waals surface area contributed by atoms with Gasteiger partial charge in [0.25, 0.3) is 11.8 Å². The van der Waals surface area contributed by atoms with E-state index in [2.05, 4.69) is 0 Å². The highest BCUT2D eigenvalue weighted by molar-refractivity contribution is 7.12. The summed E-state index contributed by atoms with van der Waals surface area (Å²) in [6, 6.07) is 9.67. The van der Waals surface area contributed by atoms with Crippen molar-refractivity contribution in [3.05, 3.63) is 52.5 Å². The summed E-state index contributed by atoms with van der Waals surface area (Å²) >= 11 is 1.42. The van der Waals surface area contributed by atoms with E-state index in [4.69, 9.17) is 4.74 Å². The van der Waals surface area contributed by atoms with E-state index in [0.29, 0.717) is 37.5 Å². The molecule has 2 heterocycles. The normalized spacial score (nSPS) is 14.9. The van der Waals surface area contributed by atoms with Crippen LogP contribution in [0, 0.1) is 5.82 Å². The zero-order valence-corrected chi connectivity index (χ0v) is 14.5. The van der Waals surface area contributed by atoms with Crippen molar-refractivity contribution in [2.45, 2.75) is 6.42 Å². The highest BCUT2D eigenvalue weighted by atomic mass is 32.1. The molecule has 0 radical (unpaired) electrons. The van der Waals surface area contributed by atoms with E-state index in [1.165, 1.54) is 23.5 Å². The number of thiophene rings is 1. The third-order valence-corrected chi connectivity index (χ3v) is 4.91. The maximum Gasteiger partial charge on any atom is 0.263 e. The number of para-hydroxylation sites is 1. The van der Waals surface area contributed by atoms with Gasteiger partial charge < -0.3 is 14.5 Å². The van der Waals surface area contributed by atoms with Crippen molar-refractivity contribution in [2.75, 3.05) is 32.8 Å². The van der Waals surface area contributed by atoms with Crippen LogP contribution in [-0.4, -0.2) is 54.4 Å². The number of benzene rings is 1. The van der Waals surface area contributed by atoms with Crippen LogP contribution in [-0.2, 0) is 4.79 Å². The third-order valence-electron chi connectivity index (χ3n) is 4.06. The number of nitrogens with zero attached hydrogens (tertiary/aromatic N) is 2. The lowest BCUT2D eigenvalue weighted by molar-refractivity contribution is -0.133. The van der Waals surface area contributed by atoms with E-state index in [1.807, 2.05) is 17.5 Å². The van der Waals surface area contributed by atoms with Crippen LogP contribution >= 0.6 is 11.3 Å². The molecule has 0 unspecified atom stereocenters. The van der Waals surface area contributed by atoms with Gasteiger partial charge in [-0.15, -0.1) is 11.3 Å². The fourth-order valence-electron chi connectivity index (χ4n) is 2.72. The molecule has 1 aliphatic rings. The molecule has 25 heavy (non-hydrogen) atoms. The monoisotopic (exact) mass is 362 g/mol. The molecule has 1 aromatic heterocycles. The predicted octanol–water partition coefficient (Wildman–Crippen LogP) is 2.64. The van der Waals surface area contributed by atoms with E-state index >= 15 is 0 Å². The Kier molecular flexibility index (Phi) is 5.65. The first-order valence-electron chi connectivity index (χ1n) is 8.13. The minimum atomic E-state index is -0.487. The van der Waals surface area contributed by atoms with Crippen LogP contribution < -0.4 is 4.74 Å². The Balaban J connectivity index is 1.53. The quantitative estimate of drug-likeness (QED) is 0.840. The van der Waals surface area contributed by atoms with Gasteiger partial charge in [0.1, 0.15) is 0 Å². The Bertz CT molecular complexity index is 736. The minimum absolute atomic E-state index is 0.00639. The van der Waals surface area contributed by atoms with E-state index in [0.717, 1.165) is 0 Å². The van der Waals surface area contributed by atoms with Crippen LogP contribution in [0.25, 0.3) is 0 Å². The number of carbonyl (C=O) groups is 2. The summed E-state index contributed by atoms with van der Waals surface area (Å²) in [7, 11) is 0. The molecule has 0 saturated carbocycles. The van der Waals surface area contributed by atoms with Crippen molar-refractivity contribution in [1.29, 1.82) is 0 Å². The highest BCUT2D eigenvalue weighted by Gasteiger charge is 2.23. The first kappa shape index (κ1) is 17.4. The Hall–Kier alpha value is -2.41. The molecule has 0 aliphatic carbocycles. The lowest BCUT2D eigenvalue weighted by atomic mass is 10.3. The van der Waals surface area contributed by atoms with Crippen molar-refractivity contribution in [2.24, 2.45) is 0 Å². The van der Waals surface area contributed by atoms with Crippen molar-refractivity contribution < 1.29 is 18.7 Å². The van der Waals surface area contributed by atoms with Crippen LogP contribution in [0.3, 0.4) is 0 Å². The lowest BCUT2D eigenvalue weighted by Crippen LogP contribution is -2.39. The molecular formula is C18H19FN2O3S.